The first-order chi connectivity index (χ1) is 9.83. The molecule has 0 spiro atoms. The molecule has 0 radical (unpaired) electrons. The second-order valence-electron chi connectivity index (χ2n) is 4.21. The molecule has 0 fully saturated rings. The van der Waals surface area contributed by atoms with Gasteiger partial charge in [0, 0.05) is 31.2 Å². The van der Waals surface area contributed by atoms with E-state index in [1.165, 1.54) is 0 Å². The van der Waals surface area contributed by atoms with Gasteiger partial charge in [-0.3, -0.25) is 0 Å². The molecule has 1 aromatic carbocycles. The van der Waals surface area contributed by atoms with E-state index >= 15 is 0 Å². The summed E-state index contributed by atoms with van der Waals surface area (Å²) in [7, 11) is 3.34. The van der Waals surface area contributed by atoms with E-state index in [1.54, 1.807) is 14.2 Å². The van der Waals surface area contributed by atoms with Gasteiger partial charge < -0.3 is 18.9 Å². The van der Waals surface area contributed by atoms with Crippen LogP contribution in [-0.4, -0.2) is 46.0 Å². The lowest BCUT2D eigenvalue weighted by Crippen LogP contribution is -2.11. The summed E-state index contributed by atoms with van der Waals surface area (Å²) in [5.74, 6) is 0.855. The Morgan fingerprint density at radius 1 is 1.05 bits per heavy atom. The summed E-state index contributed by atoms with van der Waals surface area (Å²) < 4.78 is 21.6. The fourth-order valence-corrected chi connectivity index (χ4v) is 2.32. The van der Waals surface area contributed by atoms with Gasteiger partial charge in [0.15, 0.2) is 0 Å². The summed E-state index contributed by atoms with van der Waals surface area (Å²) in [5.41, 5.74) is 1.06. The van der Waals surface area contributed by atoms with Crippen molar-refractivity contribution in [2.45, 2.75) is 12.5 Å². The van der Waals surface area contributed by atoms with Crippen LogP contribution in [0.4, 0.5) is 0 Å². The lowest BCUT2D eigenvalue weighted by Gasteiger charge is -2.18. The monoisotopic (exact) mass is 346 g/mol. The van der Waals surface area contributed by atoms with Gasteiger partial charge in [-0.25, -0.2) is 0 Å². The fourth-order valence-electron chi connectivity index (χ4n) is 1.78. The van der Waals surface area contributed by atoms with Crippen molar-refractivity contribution in [2.75, 3.05) is 46.0 Å². The molecule has 0 heterocycles. The first-order valence-electron chi connectivity index (χ1n) is 6.70. The highest BCUT2D eigenvalue weighted by molar-refractivity contribution is 9.09. The van der Waals surface area contributed by atoms with E-state index < -0.39 is 0 Å². The maximum absolute atomic E-state index is 5.89. The largest absolute Gasteiger partial charge is 0.496 e. The maximum Gasteiger partial charge on any atom is 0.124 e. The predicted octanol–water partition coefficient (Wildman–Crippen LogP) is 3.20. The number of benzene rings is 1. The summed E-state index contributed by atoms with van der Waals surface area (Å²) in [5, 5.41) is 0.734. The first-order valence-corrected chi connectivity index (χ1v) is 7.82. The number of methoxy groups -OCH3 is 2. The molecule has 4 nitrogen and oxygen atoms in total. The second-order valence-corrected chi connectivity index (χ2v) is 4.86. The molecule has 5 heteroatoms. The van der Waals surface area contributed by atoms with Crippen molar-refractivity contribution in [2.24, 2.45) is 0 Å². The molecule has 0 amide bonds. The van der Waals surface area contributed by atoms with Crippen molar-refractivity contribution < 1.29 is 18.9 Å². The summed E-state index contributed by atoms with van der Waals surface area (Å²) in [4.78, 5) is 0. The molecule has 0 aliphatic heterocycles. The zero-order valence-corrected chi connectivity index (χ0v) is 13.7. The molecular weight excluding hydrogens is 324 g/mol. The van der Waals surface area contributed by atoms with Gasteiger partial charge in [-0.1, -0.05) is 34.1 Å². The molecule has 114 valence electrons. The van der Waals surface area contributed by atoms with Crippen molar-refractivity contribution in [3.05, 3.63) is 29.8 Å². The Labute approximate surface area is 129 Å². The van der Waals surface area contributed by atoms with Crippen molar-refractivity contribution in [1.82, 2.24) is 0 Å². The standard InChI is InChI=1S/C15H23BrO4/c1-17-10-11-19-8-5-9-20-15(12-16)13-6-3-4-7-14(13)18-2/h3-4,6-7,15H,5,8-12H2,1-2H3. The number of hydrogen-bond donors (Lipinski definition) is 0. The molecule has 0 aliphatic rings. The topological polar surface area (TPSA) is 36.9 Å². The fraction of sp³-hybridized carbons (Fsp3) is 0.600. The smallest absolute Gasteiger partial charge is 0.124 e. The van der Waals surface area contributed by atoms with E-state index in [1.807, 2.05) is 24.3 Å². The van der Waals surface area contributed by atoms with Crippen molar-refractivity contribution in [3.63, 3.8) is 0 Å². The predicted molar refractivity (Wildman–Crippen MR) is 82.8 cm³/mol. The molecule has 0 N–H and O–H groups in total. The molecule has 1 rings (SSSR count). The van der Waals surface area contributed by atoms with Crippen LogP contribution in [0.25, 0.3) is 0 Å². The molecule has 0 aromatic heterocycles. The number of alkyl halides is 1. The number of para-hydroxylation sites is 1. The van der Waals surface area contributed by atoms with E-state index in [0.29, 0.717) is 26.4 Å². The molecule has 1 unspecified atom stereocenters. The first kappa shape index (κ1) is 17.4. The van der Waals surface area contributed by atoms with Crippen LogP contribution in [0.5, 0.6) is 5.75 Å². The summed E-state index contributed by atoms with van der Waals surface area (Å²) in [6.45, 7) is 2.60. The third-order valence-electron chi connectivity index (χ3n) is 2.81. The van der Waals surface area contributed by atoms with Crippen LogP contribution in [0.2, 0.25) is 0 Å². The van der Waals surface area contributed by atoms with Crippen molar-refractivity contribution >= 4 is 15.9 Å². The van der Waals surface area contributed by atoms with Crippen molar-refractivity contribution in [3.8, 4) is 5.75 Å². The number of hydrogen-bond acceptors (Lipinski definition) is 4. The lowest BCUT2D eigenvalue weighted by molar-refractivity contribution is 0.0309. The van der Waals surface area contributed by atoms with Gasteiger partial charge >= 0.3 is 0 Å². The highest BCUT2D eigenvalue weighted by Crippen LogP contribution is 2.28. The molecule has 1 aromatic rings. The van der Waals surface area contributed by atoms with Crippen LogP contribution in [0, 0.1) is 0 Å². The second kappa shape index (κ2) is 11.1. The Balaban J connectivity index is 2.32. The molecule has 20 heavy (non-hydrogen) atoms. The van der Waals surface area contributed by atoms with Gasteiger partial charge in [-0.2, -0.15) is 0 Å². The lowest BCUT2D eigenvalue weighted by atomic mass is 10.1. The minimum Gasteiger partial charge on any atom is -0.496 e. The van der Waals surface area contributed by atoms with E-state index in [0.717, 1.165) is 23.1 Å². The molecular formula is C15H23BrO4. The Morgan fingerprint density at radius 2 is 1.85 bits per heavy atom. The highest BCUT2D eigenvalue weighted by atomic mass is 79.9. The minimum atomic E-state index is -0.00914. The molecule has 0 saturated carbocycles. The Bertz CT molecular complexity index is 359. The Hall–Kier alpha value is -0.620. The molecule has 1 atom stereocenters. The number of rotatable bonds is 11. The Kier molecular flexibility index (Phi) is 9.66. The van der Waals surface area contributed by atoms with Crippen LogP contribution in [0.3, 0.4) is 0 Å². The zero-order chi connectivity index (χ0) is 14.6. The van der Waals surface area contributed by atoms with Crippen LogP contribution in [0.1, 0.15) is 18.1 Å². The van der Waals surface area contributed by atoms with E-state index in [4.69, 9.17) is 18.9 Å². The summed E-state index contributed by atoms with van der Waals surface area (Å²) in [6.07, 6.45) is 0.854. The third kappa shape index (κ3) is 6.22. The molecule has 0 saturated heterocycles. The van der Waals surface area contributed by atoms with E-state index in [2.05, 4.69) is 15.9 Å². The van der Waals surface area contributed by atoms with Gasteiger partial charge in [0.1, 0.15) is 5.75 Å². The van der Waals surface area contributed by atoms with Gasteiger partial charge in [-0.05, 0) is 12.5 Å². The quantitative estimate of drug-likeness (QED) is 0.455. The van der Waals surface area contributed by atoms with Gasteiger partial charge in [0.05, 0.1) is 26.4 Å². The SMILES string of the molecule is COCCOCCCOC(CBr)c1ccccc1OC. The molecule has 0 bridgehead atoms. The average molecular weight is 347 g/mol. The van der Waals surface area contributed by atoms with Crippen LogP contribution >= 0.6 is 15.9 Å². The van der Waals surface area contributed by atoms with Gasteiger partial charge in [-0.15, -0.1) is 0 Å². The van der Waals surface area contributed by atoms with E-state index in [-0.39, 0.29) is 6.10 Å². The molecule has 0 aliphatic carbocycles. The van der Waals surface area contributed by atoms with Gasteiger partial charge in [0.2, 0.25) is 0 Å². The van der Waals surface area contributed by atoms with Crippen molar-refractivity contribution in [1.29, 1.82) is 0 Å². The maximum atomic E-state index is 5.89. The number of ether oxygens (including phenoxy) is 4. The van der Waals surface area contributed by atoms with Gasteiger partial charge in [0.25, 0.3) is 0 Å². The highest BCUT2D eigenvalue weighted by Gasteiger charge is 2.14. The normalized spacial score (nSPS) is 12.3. The van der Waals surface area contributed by atoms with Crippen LogP contribution < -0.4 is 4.74 Å². The number of halogens is 1. The average Bonchev–Trinajstić information content (AvgIpc) is 2.50. The van der Waals surface area contributed by atoms with Crippen LogP contribution in [0.15, 0.2) is 24.3 Å². The Morgan fingerprint density at radius 3 is 2.55 bits per heavy atom. The van der Waals surface area contributed by atoms with E-state index in [9.17, 15) is 0 Å². The summed E-state index contributed by atoms with van der Waals surface area (Å²) >= 11 is 3.49. The summed E-state index contributed by atoms with van der Waals surface area (Å²) in [6, 6.07) is 7.92. The minimum absolute atomic E-state index is 0.00914. The third-order valence-corrected chi connectivity index (χ3v) is 3.40. The zero-order valence-electron chi connectivity index (χ0n) is 12.1. The van der Waals surface area contributed by atoms with Crippen LogP contribution in [-0.2, 0) is 14.2 Å².